The Balaban J connectivity index is 1.82. The lowest BCUT2D eigenvalue weighted by molar-refractivity contribution is -0.114. The zero-order chi connectivity index (χ0) is 18.2. The van der Waals surface area contributed by atoms with Gasteiger partial charge in [0, 0.05) is 30.2 Å². The summed E-state index contributed by atoms with van der Waals surface area (Å²) in [5.74, 6) is 1.52. The maximum Gasteiger partial charge on any atom is 0.251 e. The molecule has 5 nitrogen and oxygen atoms in total. The Morgan fingerprint density at radius 2 is 2.00 bits per heavy atom. The van der Waals surface area contributed by atoms with E-state index in [2.05, 4.69) is 24.5 Å². The predicted octanol–water partition coefficient (Wildman–Crippen LogP) is 3.99. The molecule has 0 radical (unpaired) electrons. The lowest BCUT2D eigenvalue weighted by atomic mass is 9.74. The molecule has 1 atom stereocenters. The van der Waals surface area contributed by atoms with Crippen molar-refractivity contribution in [3.63, 3.8) is 0 Å². The molecule has 3 rings (SSSR count). The topological polar surface area (TPSA) is 71.3 Å². The van der Waals surface area contributed by atoms with Crippen LogP contribution in [0.5, 0.6) is 0 Å². The smallest absolute Gasteiger partial charge is 0.251 e. The van der Waals surface area contributed by atoms with Gasteiger partial charge in [-0.3, -0.25) is 9.59 Å². The monoisotopic (exact) mass is 340 g/mol. The minimum absolute atomic E-state index is 0.0628. The maximum atomic E-state index is 12.7. The van der Waals surface area contributed by atoms with Crippen LogP contribution in [0.4, 0.5) is 5.69 Å². The number of nitrogens with one attached hydrogen (secondary N) is 2. The molecule has 0 fully saturated rings. The second-order valence-corrected chi connectivity index (χ2v) is 7.57. The van der Waals surface area contributed by atoms with E-state index in [4.69, 9.17) is 4.42 Å². The number of carbonyl (C=O) groups is 2. The quantitative estimate of drug-likeness (QED) is 0.887. The van der Waals surface area contributed by atoms with Crippen LogP contribution in [-0.2, 0) is 11.2 Å². The number of furan rings is 1. The summed E-state index contributed by atoms with van der Waals surface area (Å²) in [6, 6.07) is 8.90. The minimum atomic E-state index is -0.162. The van der Waals surface area contributed by atoms with Crippen molar-refractivity contribution in [3.05, 3.63) is 53.0 Å². The number of amides is 2. The highest BCUT2D eigenvalue weighted by Gasteiger charge is 2.35. The third-order valence-corrected chi connectivity index (χ3v) is 4.49. The van der Waals surface area contributed by atoms with Crippen LogP contribution >= 0.6 is 0 Å². The fourth-order valence-electron chi connectivity index (χ4n) is 3.50. The first-order valence-electron chi connectivity index (χ1n) is 8.51. The van der Waals surface area contributed by atoms with E-state index in [1.807, 2.05) is 13.0 Å². The second kappa shape index (κ2) is 6.39. The number of anilines is 1. The third-order valence-electron chi connectivity index (χ3n) is 4.49. The lowest BCUT2D eigenvalue weighted by Crippen LogP contribution is -2.36. The Kier molecular flexibility index (Phi) is 4.41. The van der Waals surface area contributed by atoms with Crippen LogP contribution in [-0.4, -0.2) is 11.8 Å². The number of hydrogen-bond donors (Lipinski definition) is 2. The number of rotatable bonds is 3. The summed E-state index contributed by atoms with van der Waals surface area (Å²) in [5, 5.41) is 5.83. The Morgan fingerprint density at radius 1 is 1.24 bits per heavy atom. The zero-order valence-corrected chi connectivity index (χ0v) is 15.1. The fourth-order valence-corrected chi connectivity index (χ4v) is 3.50. The predicted molar refractivity (Wildman–Crippen MR) is 96.5 cm³/mol. The van der Waals surface area contributed by atoms with Crippen molar-refractivity contribution in [3.8, 4) is 0 Å². The van der Waals surface area contributed by atoms with Crippen LogP contribution in [0.15, 0.2) is 34.7 Å². The molecule has 1 aromatic heterocycles. The molecule has 1 aromatic carbocycles. The van der Waals surface area contributed by atoms with Crippen LogP contribution in [0.3, 0.4) is 0 Å². The average molecular weight is 340 g/mol. The molecule has 25 heavy (non-hydrogen) atoms. The van der Waals surface area contributed by atoms with E-state index in [-0.39, 0.29) is 23.3 Å². The summed E-state index contributed by atoms with van der Waals surface area (Å²) in [5.41, 5.74) is 2.27. The first-order chi connectivity index (χ1) is 11.7. The normalized spacial score (nSPS) is 18.3. The summed E-state index contributed by atoms with van der Waals surface area (Å²) in [4.78, 5) is 23.9. The molecule has 132 valence electrons. The highest BCUT2D eigenvalue weighted by atomic mass is 16.3. The van der Waals surface area contributed by atoms with Gasteiger partial charge in [-0.05, 0) is 43.0 Å². The zero-order valence-electron chi connectivity index (χ0n) is 15.1. The van der Waals surface area contributed by atoms with E-state index in [9.17, 15) is 9.59 Å². The van der Waals surface area contributed by atoms with Crippen molar-refractivity contribution >= 4 is 17.5 Å². The van der Waals surface area contributed by atoms with Gasteiger partial charge in [-0.15, -0.1) is 0 Å². The number of benzene rings is 1. The van der Waals surface area contributed by atoms with Crippen molar-refractivity contribution < 1.29 is 14.0 Å². The van der Waals surface area contributed by atoms with Crippen LogP contribution in [0.2, 0.25) is 0 Å². The van der Waals surface area contributed by atoms with Gasteiger partial charge < -0.3 is 15.1 Å². The van der Waals surface area contributed by atoms with Crippen molar-refractivity contribution in [2.24, 2.45) is 5.41 Å². The summed E-state index contributed by atoms with van der Waals surface area (Å²) in [6.45, 7) is 7.75. The molecule has 2 N–H and O–H groups in total. The molecule has 1 aliphatic carbocycles. The highest BCUT2D eigenvalue weighted by Crippen LogP contribution is 2.42. The molecule has 2 amide bonds. The van der Waals surface area contributed by atoms with E-state index in [0.29, 0.717) is 11.3 Å². The molecular weight excluding hydrogens is 316 g/mol. The van der Waals surface area contributed by atoms with Crippen LogP contribution < -0.4 is 10.6 Å². The van der Waals surface area contributed by atoms with Crippen molar-refractivity contribution in [1.29, 1.82) is 0 Å². The maximum absolute atomic E-state index is 12.7. The summed E-state index contributed by atoms with van der Waals surface area (Å²) in [6.07, 6.45) is 1.73. The first-order valence-corrected chi connectivity index (χ1v) is 8.51. The Bertz CT molecular complexity index is 820. The van der Waals surface area contributed by atoms with Crippen molar-refractivity contribution in [1.82, 2.24) is 5.32 Å². The standard InChI is InChI=1S/C20H24N2O3/c1-12-8-16-17(10-20(3,4)11-18(16)25-12)22-19(24)14-6-5-7-15(9-14)21-13(2)23/h5-9,17H,10-11H2,1-4H3,(H,21,23)(H,22,24)/t17-/m1/s1. The van der Waals surface area contributed by atoms with E-state index >= 15 is 0 Å². The Labute approximate surface area is 147 Å². The molecule has 5 heteroatoms. The lowest BCUT2D eigenvalue weighted by Gasteiger charge is -2.34. The largest absolute Gasteiger partial charge is 0.466 e. The van der Waals surface area contributed by atoms with Crippen molar-refractivity contribution in [2.75, 3.05) is 5.32 Å². The molecule has 0 unspecified atom stereocenters. The SMILES string of the molecule is CC(=O)Nc1cccc(C(=O)N[C@@H]2CC(C)(C)Cc3oc(C)cc32)c1. The van der Waals surface area contributed by atoms with Crippen molar-refractivity contribution in [2.45, 2.75) is 46.6 Å². The summed E-state index contributed by atoms with van der Waals surface area (Å²) < 4.78 is 5.82. The van der Waals surface area contributed by atoms with Gasteiger partial charge in [-0.1, -0.05) is 19.9 Å². The van der Waals surface area contributed by atoms with E-state index in [1.165, 1.54) is 6.92 Å². The molecule has 0 spiro atoms. The van der Waals surface area contributed by atoms with E-state index in [1.54, 1.807) is 24.3 Å². The van der Waals surface area contributed by atoms with Gasteiger partial charge in [0.15, 0.2) is 0 Å². The summed E-state index contributed by atoms with van der Waals surface area (Å²) in [7, 11) is 0. The first kappa shape index (κ1) is 17.3. The van der Waals surface area contributed by atoms with Gasteiger partial charge in [0.2, 0.25) is 5.91 Å². The molecule has 2 aromatic rings. The number of aryl methyl sites for hydroxylation is 1. The molecular formula is C20H24N2O3. The van der Waals surface area contributed by atoms with Crippen LogP contribution in [0, 0.1) is 12.3 Å². The second-order valence-electron chi connectivity index (χ2n) is 7.57. The molecule has 0 saturated heterocycles. The molecule has 1 aliphatic rings. The van der Waals surface area contributed by atoms with Crippen LogP contribution in [0.25, 0.3) is 0 Å². The van der Waals surface area contributed by atoms with Crippen LogP contribution in [0.1, 0.15) is 60.7 Å². The van der Waals surface area contributed by atoms with Gasteiger partial charge in [-0.2, -0.15) is 0 Å². The Morgan fingerprint density at radius 3 is 2.72 bits per heavy atom. The average Bonchev–Trinajstić information content (AvgIpc) is 2.85. The van der Waals surface area contributed by atoms with Gasteiger partial charge >= 0.3 is 0 Å². The fraction of sp³-hybridized carbons (Fsp3) is 0.400. The molecule has 0 saturated carbocycles. The highest BCUT2D eigenvalue weighted by molar-refractivity contribution is 5.97. The van der Waals surface area contributed by atoms with Gasteiger partial charge in [0.1, 0.15) is 11.5 Å². The van der Waals surface area contributed by atoms with Gasteiger partial charge in [-0.25, -0.2) is 0 Å². The van der Waals surface area contributed by atoms with Gasteiger partial charge in [0.05, 0.1) is 6.04 Å². The van der Waals surface area contributed by atoms with E-state index < -0.39 is 0 Å². The minimum Gasteiger partial charge on any atom is -0.466 e. The third kappa shape index (κ3) is 3.92. The molecule has 1 heterocycles. The number of fused-ring (bicyclic) bond motifs is 1. The Hall–Kier alpha value is -2.56. The number of hydrogen-bond acceptors (Lipinski definition) is 3. The molecule has 0 bridgehead atoms. The molecule has 0 aliphatic heterocycles. The van der Waals surface area contributed by atoms with Gasteiger partial charge in [0.25, 0.3) is 5.91 Å². The number of carbonyl (C=O) groups excluding carboxylic acids is 2. The van der Waals surface area contributed by atoms with E-state index in [0.717, 1.165) is 29.9 Å². The summed E-state index contributed by atoms with van der Waals surface area (Å²) >= 11 is 0.